The standard InChI is InChI=1S/C28H29F3N3O8P.C2HF3O2/c1-16-11-32(14-33(16)15-41-43(36,37)38)21-6-5-17(7-23(21)39-4)8-24-27(35)34-22(12-40-13-25(34)28(2,3)42-24)18-9-19(29)26(31)20(30)10-18;3-2(4,5)1(6)7/h5-11,14,22,25H,12-13,15H2,1-4H3,(H-,36,37,38);(H,6,7)/b24-8-;/t22-,25+;/m0./s1. The first-order chi connectivity index (χ1) is 23.1. The van der Waals surface area contributed by atoms with Gasteiger partial charge < -0.3 is 38.8 Å². The van der Waals surface area contributed by atoms with Crippen LogP contribution in [0.3, 0.4) is 0 Å². The first kappa shape index (κ1) is 38.4. The van der Waals surface area contributed by atoms with Crippen LogP contribution in [0.5, 0.6) is 5.75 Å². The summed E-state index contributed by atoms with van der Waals surface area (Å²) in [5, 5.41) is 8.78. The molecule has 13 nitrogen and oxygen atoms in total. The van der Waals surface area contributed by atoms with Crippen molar-refractivity contribution in [1.29, 1.82) is 0 Å². The number of aryl methyl sites for hydroxylation is 1. The number of imidazole rings is 1. The molecule has 2 aliphatic heterocycles. The first-order valence-electron chi connectivity index (χ1n) is 14.3. The van der Waals surface area contributed by atoms with Gasteiger partial charge in [0.1, 0.15) is 23.5 Å². The Labute approximate surface area is 280 Å². The van der Waals surface area contributed by atoms with E-state index in [1.165, 1.54) is 22.7 Å². The highest BCUT2D eigenvalue weighted by Crippen LogP contribution is 2.41. The number of phosphoric acid groups is 1. The number of amides is 1. The number of ether oxygens (including phenoxy) is 3. The van der Waals surface area contributed by atoms with Crippen LogP contribution >= 0.6 is 7.82 Å². The molecule has 2 aromatic carbocycles. The number of rotatable bonds is 7. The van der Waals surface area contributed by atoms with Crippen molar-refractivity contribution in [3.05, 3.63) is 82.9 Å². The average molecular weight is 738 g/mol. The van der Waals surface area contributed by atoms with Crippen LogP contribution in [0.25, 0.3) is 11.8 Å². The third kappa shape index (κ3) is 8.65. The van der Waals surface area contributed by atoms with Gasteiger partial charge >= 0.3 is 14.0 Å². The van der Waals surface area contributed by atoms with Crippen LogP contribution < -0.4 is 14.4 Å². The second kappa shape index (κ2) is 14.4. The molecule has 3 aromatic rings. The lowest BCUT2D eigenvalue weighted by Crippen LogP contribution is -2.64. The molecule has 0 radical (unpaired) electrons. The summed E-state index contributed by atoms with van der Waals surface area (Å²) in [5.74, 6) is -7.46. The molecule has 272 valence electrons. The van der Waals surface area contributed by atoms with E-state index >= 15 is 0 Å². The number of benzene rings is 2. The second-order valence-corrected chi connectivity index (χ2v) is 12.8. The van der Waals surface area contributed by atoms with Crippen molar-refractivity contribution in [1.82, 2.24) is 9.47 Å². The number of nitrogens with zero attached hydrogens (tertiary/aromatic N) is 3. The minimum absolute atomic E-state index is 0.0183. The smallest absolute Gasteiger partial charge is 0.472 e. The number of aliphatic carboxylic acids is 1. The van der Waals surface area contributed by atoms with E-state index in [9.17, 15) is 35.7 Å². The van der Waals surface area contributed by atoms with Crippen molar-refractivity contribution in [2.45, 2.75) is 51.4 Å². The maximum absolute atomic E-state index is 14.1. The summed E-state index contributed by atoms with van der Waals surface area (Å²) in [4.78, 5) is 42.1. The number of alkyl halides is 3. The number of hydrogen-bond acceptors (Lipinski definition) is 8. The van der Waals surface area contributed by atoms with Crippen LogP contribution in [-0.4, -0.2) is 69.3 Å². The Morgan fingerprint density at radius 3 is 2.34 bits per heavy atom. The Morgan fingerprint density at radius 2 is 1.78 bits per heavy atom. The van der Waals surface area contributed by atoms with Crippen molar-refractivity contribution in [2.75, 3.05) is 20.3 Å². The largest absolute Gasteiger partial charge is 0.542 e. The molecule has 0 spiro atoms. The normalized spacial score (nSPS) is 19.7. The van der Waals surface area contributed by atoms with Gasteiger partial charge in [-0.15, -0.1) is 0 Å². The summed E-state index contributed by atoms with van der Waals surface area (Å²) in [6.45, 7) is 4.99. The van der Waals surface area contributed by atoms with E-state index in [-0.39, 0.29) is 31.3 Å². The summed E-state index contributed by atoms with van der Waals surface area (Å²) in [6.07, 6.45) is -0.369. The van der Waals surface area contributed by atoms with Gasteiger partial charge in [-0.1, -0.05) is 6.07 Å². The van der Waals surface area contributed by atoms with Gasteiger partial charge in [-0.3, -0.25) is 4.79 Å². The SMILES string of the molecule is COc1cc(/C=C2\OC(C)(C)[C@H]3COC[C@@H](c4cc(F)c(F)c(F)c4)N3C2=O)ccc1-[n+]1cc(C)n(COP(=O)(O)O)c1.O=C([O-])C(F)(F)F. The molecule has 20 heteroatoms. The lowest BCUT2D eigenvalue weighted by molar-refractivity contribution is -0.596. The fourth-order valence-corrected chi connectivity index (χ4v) is 5.50. The van der Waals surface area contributed by atoms with Crippen LogP contribution in [0.2, 0.25) is 0 Å². The zero-order chi connectivity index (χ0) is 37.3. The number of carboxylic acids is 1. The maximum atomic E-state index is 14.1. The maximum Gasteiger partial charge on any atom is 0.472 e. The Bertz CT molecular complexity index is 1840. The van der Waals surface area contributed by atoms with Crippen LogP contribution in [0, 0.1) is 24.4 Å². The van der Waals surface area contributed by atoms with Gasteiger partial charge in [-0.2, -0.15) is 17.7 Å². The lowest BCUT2D eigenvalue weighted by atomic mass is 9.90. The van der Waals surface area contributed by atoms with E-state index in [4.69, 9.17) is 33.9 Å². The molecule has 50 heavy (non-hydrogen) atoms. The Balaban J connectivity index is 0.000000727. The van der Waals surface area contributed by atoms with E-state index in [1.54, 1.807) is 56.1 Å². The van der Waals surface area contributed by atoms with Crippen molar-refractivity contribution in [2.24, 2.45) is 0 Å². The first-order valence-corrected chi connectivity index (χ1v) is 15.9. The summed E-state index contributed by atoms with van der Waals surface area (Å²) >= 11 is 0. The van der Waals surface area contributed by atoms with Crippen LogP contribution in [0.15, 0.2) is 48.6 Å². The minimum Gasteiger partial charge on any atom is -0.542 e. The molecular weight excluding hydrogens is 707 g/mol. The molecular formula is C30H30F6N3O10P. The predicted molar refractivity (Wildman–Crippen MR) is 155 cm³/mol. The molecule has 1 aromatic heterocycles. The molecule has 0 unspecified atom stereocenters. The molecule has 2 aliphatic rings. The van der Waals surface area contributed by atoms with Gasteiger partial charge in [0.25, 0.3) is 12.2 Å². The second-order valence-electron chi connectivity index (χ2n) is 11.5. The highest BCUT2D eigenvalue weighted by Gasteiger charge is 2.51. The zero-order valence-corrected chi connectivity index (χ0v) is 27.5. The van der Waals surface area contributed by atoms with Crippen LogP contribution in [-0.2, 0) is 34.9 Å². The van der Waals surface area contributed by atoms with Crippen molar-refractivity contribution in [3.63, 3.8) is 0 Å². The van der Waals surface area contributed by atoms with Crippen molar-refractivity contribution < 1.29 is 78.7 Å². The fourth-order valence-electron chi connectivity index (χ4n) is 5.23. The fraction of sp³-hybridized carbons (Fsp3) is 0.367. The van der Waals surface area contributed by atoms with Crippen LogP contribution in [0.4, 0.5) is 26.3 Å². The van der Waals surface area contributed by atoms with E-state index in [0.29, 0.717) is 22.7 Å². The van der Waals surface area contributed by atoms with Gasteiger partial charge in [0.15, 0.2) is 34.6 Å². The number of halogens is 6. The van der Waals surface area contributed by atoms with E-state index in [1.807, 2.05) is 0 Å². The number of carbonyl (C=O) groups is 2. The highest BCUT2D eigenvalue weighted by molar-refractivity contribution is 7.46. The third-order valence-electron chi connectivity index (χ3n) is 7.65. The summed E-state index contributed by atoms with van der Waals surface area (Å²) in [7, 11) is -3.20. The number of fused-ring (bicyclic) bond motifs is 1. The minimum atomic E-state index is -5.19. The lowest BCUT2D eigenvalue weighted by Gasteiger charge is -2.52. The molecule has 2 fully saturated rings. The Hall–Kier alpha value is -4.42. The number of phosphoric ester groups is 1. The topological polar surface area (TPSA) is 164 Å². The van der Waals surface area contributed by atoms with Crippen LogP contribution in [0.1, 0.15) is 36.7 Å². The Kier molecular flexibility index (Phi) is 11.1. The van der Waals surface area contributed by atoms with Crippen molar-refractivity contribution >= 4 is 25.8 Å². The third-order valence-corrected chi connectivity index (χ3v) is 8.11. The Morgan fingerprint density at radius 1 is 1.16 bits per heavy atom. The number of methoxy groups -OCH3 is 1. The molecule has 2 atom stereocenters. The molecule has 0 bridgehead atoms. The molecule has 0 saturated carbocycles. The monoisotopic (exact) mass is 737 g/mol. The van der Waals surface area contributed by atoms with Gasteiger partial charge in [0, 0.05) is 6.92 Å². The summed E-state index contributed by atoms with van der Waals surface area (Å²) in [6, 6.07) is 5.35. The summed E-state index contributed by atoms with van der Waals surface area (Å²) in [5.41, 5.74) is 0.894. The summed E-state index contributed by atoms with van der Waals surface area (Å²) < 4.78 is 110. The average Bonchev–Trinajstić information content (AvgIpc) is 3.40. The van der Waals surface area contributed by atoms with Gasteiger partial charge in [-0.05, 0) is 55.3 Å². The van der Waals surface area contributed by atoms with E-state index < -0.39 is 61.0 Å². The molecule has 0 aliphatic carbocycles. The zero-order valence-electron chi connectivity index (χ0n) is 26.6. The molecule has 1 amide bonds. The van der Waals surface area contributed by atoms with Crippen molar-refractivity contribution in [3.8, 4) is 11.4 Å². The highest BCUT2D eigenvalue weighted by atomic mass is 31.2. The number of carbonyl (C=O) groups excluding carboxylic acids is 2. The predicted octanol–water partition coefficient (Wildman–Crippen LogP) is 2.98. The molecule has 5 rings (SSSR count). The number of aromatic nitrogens is 2. The quantitative estimate of drug-likeness (QED) is 0.121. The van der Waals surface area contributed by atoms with Gasteiger partial charge in [-0.25, -0.2) is 26.8 Å². The number of hydrogen-bond donors (Lipinski definition) is 2. The van der Waals surface area contributed by atoms with Gasteiger partial charge in [0.2, 0.25) is 6.73 Å². The van der Waals surface area contributed by atoms with Gasteiger partial charge in [0.05, 0.1) is 32.4 Å². The van der Waals surface area contributed by atoms with E-state index in [0.717, 1.165) is 12.1 Å². The molecule has 2 N–H and O–H groups in total. The van der Waals surface area contributed by atoms with E-state index in [2.05, 4.69) is 4.52 Å². The molecule has 2 saturated heterocycles. The molecule has 3 heterocycles. The number of carboxylic acid groups (broad SMARTS) is 1. The number of morpholine rings is 2.